The molecule has 2 N–H and O–H groups in total. The maximum absolute atomic E-state index is 12.3. The molecule has 0 aliphatic carbocycles. The zero-order valence-electron chi connectivity index (χ0n) is 10.8. The van der Waals surface area contributed by atoms with Gasteiger partial charge in [0.1, 0.15) is 0 Å². The fraction of sp³-hybridized carbons (Fsp3) is 0.533. The van der Waals surface area contributed by atoms with Gasteiger partial charge < -0.3 is 15.4 Å². The van der Waals surface area contributed by atoms with Gasteiger partial charge in [-0.25, -0.2) is 0 Å². The minimum absolute atomic E-state index is 0.0378. The number of hydrogen-bond acceptors (Lipinski definition) is 3. The van der Waals surface area contributed by atoms with Crippen LogP contribution in [0.5, 0.6) is 0 Å². The van der Waals surface area contributed by atoms with Crippen molar-refractivity contribution in [2.75, 3.05) is 11.9 Å². The fourth-order valence-corrected chi connectivity index (χ4v) is 3.49. The molecule has 0 radical (unpaired) electrons. The zero-order chi connectivity index (χ0) is 12.8. The van der Waals surface area contributed by atoms with Crippen molar-refractivity contribution in [3.05, 3.63) is 29.3 Å². The minimum Gasteiger partial charge on any atom is -0.384 e. The average Bonchev–Trinajstić information content (AvgIpc) is 3.13. The highest BCUT2D eigenvalue weighted by Gasteiger charge is 2.41. The molecule has 2 bridgehead atoms. The van der Waals surface area contributed by atoms with E-state index in [0.717, 1.165) is 37.8 Å². The number of amides is 1. The maximum Gasteiger partial charge on any atom is 0.251 e. The molecule has 0 saturated carbocycles. The number of hydrogen-bond donors (Lipinski definition) is 2. The third-order valence-electron chi connectivity index (χ3n) is 4.50. The minimum atomic E-state index is 0.0378. The molecule has 3 heterocycles. The van der Waals surface area contributed by atoms with E-state index in [9.17, 15) is 4.79 Å². The van der Waals surface area contributed by atoms with Gasteiger partial charge in [0.25, 0.3) is 5.91 Å². The van der Waals surface area contributed by atoms with Gasteiger partial charge in [-0.3, -0.25) is 4.79 Å². The van der Waals surface area contributed by atoms with Gasteiger partial charge in [0.2, 0.25) is 0 Å². The van der Waals surface area contributed by atoms with Crippen LogP contribution in [0.3, 0.4) is 0 Å². The van der Waals surface area contributed by atoms with Crippen LogP contribution in [-0.4, -0.2) is 30.7 Å². The predicted octanol–water partition coefficient (Wildman–Crippen LogP) is 1.70. The van der Waals surface area contributed by atoms with Crippen LogP contribution < -0.4 is 10.6 Å². The predicted molar refractivity (Wildman–Crippen MR) is 72.4 cm³/mol. The Morgan fingerprint density at radius 1 is 1.37 bits per heavy atom. The van der Waals surface area contributed by atoms with Crippen LogP contribution in [0.15, 0.2) is 18.2 Å². The lowest BCUT2D eigenvalue weighted by Gasteiger charge is -2.20. The van der Waals surface area contributed by atoms with E-state index >= 15 is 0 Å². The smallest absolute Gasteiger partial charge is 0.251 e. The molecule has 4 heteroatoms. The van der Waals surface area contributed by atoms with E-state index < -0.39 is 0 Å². The normalized spacial score (nSPS) is 31.1. The lowest BCUT2D eigenvalue weighted by atomic mass is 9.95. The Labute approximate surface area is 112 Å². The molecule has 1 aromatic rings. The molecule has 2 saturated heterocycles. The Kier molecular flexibility index (Phi) is 2.52. The van der Waals surface area contributed by atoms with Crippen molar-refractivity contribution in [3.63, 3.8) is 0 Å². The summed E-state index contributed by atoms with van der Waals surface area (Å²) < 4.78 is 5.77. The Balaban J connectivity index is 1.48. The highest BCUT2D eigenvalue weighted by molar-refractivity contribution is 5.95. The lowest BCUT2D eigenvalue weighted by Crippen LogP contribution is -2.41. The average molecular weight is 258 g/mol. The second-order valence-corrected chi connectivity index (χ2v) is 5.74. The van der Waals surface area contributed by atoms with Crippen LogP contribution in [0, 0.1) is 0 Å². The van der Waals surface area contributed by atoms with E-state index in [0.29, 0.717) is 6.10 Å². The van der Waals surface area contributed by atoms with Crippen molar-refractivity contribution in [3.8, 4) is 0 Å². The summed E-state index contributed by atoms with van der Waals surface area (Å²) in [6.07, 6.45) is 4.84. The second-order valence-electron chi connectivity index (χ2n) is 5.74. The van der Waals surface area contributed by atoms with Gasteiger partial charge >= 0.3 is 0 Å². The summed E-state index contributed by atoms with van der Waals surface area (Å²) in [7, 11) is 0. The number of carbonyl (C=O) groups excluding carboxylic acids is 1. The van der Waals surface area contributed by atoms with Gasteiger partial charge in [-0.2, -0.15) is 0 Å². The number of ether oxygens (including phenoxy) is 1. The number of benzene rings is 1. The standard InChI is InChI=1S/C15H18N2O2/c18-15(17-13-8-11-2-4-14(13)19-11)10-1-3-12-9(7-10)5-6-16-12/h1,3,7,11,13-14,16H,2,4-6,8H2,(H,17,18). The quantitative estimate of drug-likeness (QED) is 0.849. The van der Waals surface area contributed by atoms with Crippen molar-refractivity contribution < 1.29 is 9.53 Å². The first-order valence-electron chi connectivity index (χ1n) is 7.13. The largest absolute Gasteiger partial charge is 0.384 e. The molecule has 3 aliphatic rings. The van der Waals surface area contributed by atoms with E-state index in [1.54, 1.807) is 0 Å². The Bertz CT molecular complexity index is 529. The number of nitrogens with one attached hydrogen (secondary N) is 2. The Hall–Kier alpha value is -1.55. The van der Waals surface area contributed by atoms with Gasteiger partial charge in [-0.15, -0.1) is 0 Å². The first-order chi connectivity index (χ1) is 9.29. The maximum atomic E-state index is 12.3. The molecule has 2 fully saturated rings. The van der Waals surface area contributed by atoms with Crippen LogP contribution >= 0.6 is 0 Å². The van der Waals surface area contributed by atoms with Gasteiger partial charge in [0.05, 0.1) is 18.2 Å². The summed E-state index contributed by atoms with van der Waals surface area (Å²) in [5.74, 6) is 0.0378. The molecule has 100 valence electrons. The molecule has 1 aromatic carbocycles. The number of fused-ring (bicyclic) bond motifs is 3. The van der Waals surface area contributed by atoms with Crippen molar-refractivity contribution >= 4 is 11.6 Å². The van der Waals surface area contributed by atoms with E-state index in [1.807, 2.05) is 18.2 Å². The van der Waals surface area contributed by atoms with Crippen molar-refractivity contribution in [2.24, 2.45) is 0 Å². The van der Waals surface area contributed by atoms with Crippen LogP contribution in [0.2, 0.25) is 0 Å². The number of rotatable bonds is 2. The summed E-state index contributed by atoms with van der Waals surface area (Å²) >= 11 is 0. The SMILES string of the molecule is O=C(NC1CC2CCC1O2)c1ccc2c(c1)CCN2. The van der Waals surface area contributed by atoms with Crippen LogP contribution in [0.4, 0.5) is 5.69 Å². The van der Waals surface area contributed by atoms with E-state index in [1.165, 1.54) is 11.3 Å². The molecule has 3 aliphatic heterocycles. The third-order valence-corrected chi connectivity index (χ3v) is 4.50. The summed E-state index contributed by atoms with van der Waals surface area (Å²) in [5, 5.41) is 6.44. The Morgan fingerprint density at radius 2 is 2.32 bits per heavy atom. The van der Waals surface area contributed by atoms with E-state index in [2.05, 4.69) is 10.6 Å². The molecule has 3 unspecified atom stereocenters. The highest BCUT2D eigenvalue weighted by Crippen LogP contribution is 2.34. The fourth-order valence-electron chi connectivity index (χ4n) is 3.49. The van der Waals surface area contributed by atoms with Gasteiger partial charge in [0.15, 0.2) is 0 Å². The summed E-state index contributed by atoms with van der Waals surface area (Å²) in [4.78, 5) is 12.3. The first-order valence-corrected chi connectivity index (χ1v) is 7.13. The van der Waals surface area contributed by atoms with Gasteiger partial charge in [-0.05, 0) is 49.4 Å². The summed E-state index contributed by atoms with van der Waals surface area (Å²) in [6.45, 7) is 0.973. The molecular weight excluding hydrogens is 240 g/mol. The van der Waals surface area contributed by atoms with Crippen LogP contribution in [0.1, 0.15) is 35.2 Å². The molecule has 4 nitrogen and oxygen atoms in total. The molecule has 3 atom stereocenters. The van der Waals surface area contributed by atoms with Crippen LogP contribution in [0.25, 0.3) is 0 Å². The molecular formula is C15H18N2O2. The topological polar surface area (TPSA) is 50.4 Å². The molecule has 4 rings (SSSR count). The van der Waals surface area contributed by atoms with Gasteiger partial charge in [-0.1, -0.05) is 0 Å². The molecule has 0 aromatic heterocycles. The lowest BCUT2D eigenvalue weighted by molar-refractivity contribution is 0.0841. The summed E-state index contributed by atoms with van der Waals surface area (Å²) in [5.41, 5.74) is 3.18. The van der Waals surface area contributed by atoms with Gasteiger partial charge in [0, 0.05) is 17.8 Å². The monoisotopic (exact) mass is 258 g/mol. The highest BCUT2D eigenvalue weighted by atomic mass is 16.5. The number of anilines is 1. The first kappa shape index (κ1) is 11.3. The zero-order valence-corrected chi connectivity index (χ0v) is 10.8. The van der Waals surface area contributed by atoms with Crippen molar-refractivity contribution in [1.82, 2.24) is 5.32 Å². The molecule has 1 amide bonds. The van der Waals surface area contributed by atoms with E-state index in [-0.39, 0.29) is 18.1 Å². The second kappa shape index (κ2) is 4.23. The Morgan fingerprint density at radius 3 is 3.11 bits per heavy atom. The third kappa shape index (κ3) is 1.91. The van der Waals surface area contributed by atoms with Crippen LogP contribution in [-0.2, 0) is 11.2 Å². The van der Waals surface area contributed by atoms with E-state index in [4.69, 9.17) is 4.74 Å². The number of carbonyl (C=O) groups is 1. The summed E-state index contributed by atoms with van der Waals surface area (Å²) in [6, 6.07) is 6.13. The molecule has 0 spiro atoms. The molecule has 19 heavy (non-hydrogen) atoms. The van der Waals surface area contributed by atoms with Crippen molar-refractivity contribution in [1.29, 1.82) is 0 Å². The van der Waals surface area contributed by atoms with Crippen molar-refractivity contribution in [2.45, 2.75) is 43.9 Å².